The van der Waals surface area contributed by atoms with Gasteiger partial charge in [0.05, 0.1) is 24.4 Å². The van der Waals surface area contributed by atoms with Crippen molar-refractivity contribution in [3.8, 4) is 11.5 Å². The van der Waals surface area contributed by atoms with Crippen LogP contribution in [0.5, 0.6) is 11.5 Å². The summed E-state index contributed by atoms with van der Waals surface area (Å²) < 4.78 is 13.9. The molecule has 4 rings (SSSR count). The molecule has 0 bridgehead atoms. The Morgan fingerprint density at radius 3 is 2.45 bits per heavy atom. The zero-order valence-electron chi connectivity index (χ0n) is 16.2. The third-order valence-corrected chi connectivity index (χ3v) is 5.56. The van der Waals surface area contributed by atoms with Crippen LogP contribution in [0.25, 0.3) is 10.2 Å². The van der Waals surface area contributed by atoms with Gasteiger partial charge in [-0.2, -0.15) is 0 Å². The lowest BCUT2D eigenvalue weighted by atomic mass is 10.2. The fraction of sp³-hybridized carbons (Fsp3) is 0.182. The molecule has 0 saturated carbocycles. The topological polar surface area (TPSA) is 65.4 Å². The Balaban J connectivity index is 1.64. The first kappa shape index (κ1) is 19.0. The maximum absolute atomic E-state index is 13.0. The van der Waals surface area contributed by atoms with Crippen LogP contribution in [-0.2, 0) is 13.1 Å². The maximum Gasteiger partial charge on any atom is 0.268 e. The minimum absolute atomic E-state index is 0.111. The van der Waals surface area contributed by atoms with Crippen LogP contribution in [0.15, 0.2) is 60.2 Å². The molecule has 0 saturated heterocycles. The number of amides is 1. The van der Waals surface area contributed by atoms with E-state index < -0.39 is 0 Å². The second-order valence-electron chi connectivity index (χ2n) is 6.54. The molecule has 3 aromatic heterocycles. The van der Waals surface area contributed by atoms with Crippen molar-refractivity contribution in [3.05, 3.63) is 77.1 Å². The van der Waals surface area contributed by atoms with Crippen molar-refractivity contribution in [2.75, 3.05) is 14.2 Å². The number of methoxy groups -OCH3 is 2. The lowest BCUT2D eigenvalue weighted by Crippen LogP contribution is -2.25. The summed E-state index contributed by atoms with van der Waals surface area (Å²) in [4.78, 5) is 17.0. The van der Waals surface area contributed by atoms with Gasteiger partial charge in [-0.3, -0.25) is 9.78 Å². The van der Waals surface area contributed by atoms with Crippen molar-refractivity contribution < 1.29 is 14.3 Å². The summed E-state index contributed by atoms with van der Waals surface area (Å²) >= 11 is 1.62. The summed E-state index contributed by atoms with van der Waals surface area (Å²) in [5.41, 5.74) is 3.66. The zero-order valence-corrected chi connectivity index (χ0v) is 17.0. The molecule has 0 spiro atoms. The van der Waals surface area contributed by atoms with E-state index in [0.717, 1.165) is 32.8 Å². The molecule has 3 heterocycles. The third kappa shape index (κ3) is 4.09. The fourth-order valence-electron chi connectivity index (χ4n) is 3.25. The predicted molar refractivity (Wildman–Crippen MR) is 114 cm³/mol. The number of carbonyl (C=O) groups excluding carboxylic acids is 1. The van der Waals surface area contributed by atoms with Crippen LogP contribution < -0.4 is 14.8 Å². The molecule has 0 unspecified atom stereocenters. The van der Waals surface area contributed by atoms with Gasteiger partial charge < -0.3 is 19.4 Å². The number of fused-ring (bicyclic) bond motifs is 1. The number of ether oxygens (including phenoxy) is 2. The highest BCUT2D eigenvalue weighted by Gasteiger charge is 2.17. The molecule has 0 aliphatic heterocycles. The number of aromatic nitrogens is 2. The van der Waals surface area contributed by atoms with Gasteiger partial charge in [0.1, 0.15) is 17.2 Å². The van der Waals surface area contributed by atoms with Crippen molar-refractivity contribution in [2.45, 2.75) is 13.1 Å². The number of thiophene rings is 1. The first-order valence-electron chi connectivity index (χ1n) is 9.13. The highest BCUT2D eigenvalue weighted by Crippen LogP contribution is 2.28. The molecule has 148 valence electrons. The van der Waals surface area contributed by atoms with Gasteiger partial charge in [-0.05, 0) is 52.9 Å². The highest BCUT2D eigenvalue weighted by molar-refractivity contribution is 7.17. The Morgan fingerprint density at radius 2 is 1.76 bits per heavy atom. The van der Waals surface area contributed by atoms with Crippen molar-refractivity contribution in [2.24, 2.45) is 0 Å². The molecule has 29 heavy (non-hydrogen) atoms. The van der Waals surface area contributed by atoms with Crippen LogP contribution in [0.4, 0.5) is 0 Å². The van der Waals surface area contributed by atoms with Gasteiger partial charge in [-0.25, -0.2) is 0 Å². The van der Waals surface area contributed by atoms with Crippen LogP contribution in [0.3, 0.4) is 0 Å². The van der Waals surface area contributed by atoms with Crippen molar-refractivity contribution >= 4 is 27.5 Å². The van der Waals surface area contributed by atoms with Gasteiger partial charge in [0, 0.05) is 31.5 Å². The van der Waals surface area contributed by atoms with E-state index in [4.69, 9.17) is 9.47 Å². The Morgan fingerprint density at radius 1 is 1.03 bits per heavy atom. The first-order valence-corrected chi connectivity index (χ1v) is 10.0. The predicted octanol–water partition coefficient (Wildman–Crippen LogP) is 4.09. The normalized spacial score (nSPS) is 10.8. The van der Waals surface area contributed by atoms with E-state index in [9.17, 15) is 4.79 Å². The molecule has 1 N–H and O–H groups in total. The van der Waals surface area contributed by atoms with Crippen LogP contribution in [0.2, 0.25) is 0 Å². The summed E-state index contributed by atoms with van der Waals surface area (Å²) in [5.74, 6) is 1.33. The average molecular weight is 407 g/mol. The van der Waals surface area contributed by atoms with Gasteiger partial charge in [0.2, 0.25) is 0 Å². The van der Waals surface area contributed by atoms with E-state index in [1.54, 1.807) is 38.0 Å². The first-order chi connectivity index (χ1) is 14.2. The lowest BCUT2D eigenvalue weighted by molar-refractivity contribution is 0.0942. The van der Waals surface area contributed by atoms with Gasteiger partial charge in [0.15, 0.2) is 0 Å². The van der Waals surface area contributed by atoms with Crippen molar-refractivity contribution in [1.82, 2.24) is 14.9 Å². The van der Waals surface area contributed by atoms with Crippen LogP contribution in [0, 0.1) is 0 Å². The summed E-state index contributed by atoms with van der Waals surface area (Å²) in [6.45, 7) is 0.985. The summed E-state index contributed by atoms with van der Waals surface area (Å²) in [7, 11) is 3.26. The number of hydrogen-bond acceptors (Lipinski definition) is 5. The van der Waals surface area contributed by atoms with Crippen molar-refractivity contribution in [1.29, 1.82) is 0 Å². The molecule has 7 heteroatoms. The average Bonchev–Trinajstić information content (AvgIpc) is 3.35. The monoisotopic (exact) mass is 407 g/mol. The Kier molecular flexibility index (Phi) is 5.48. The number of nitrogens with one attached hydrogen (secondary N) is 1. The molecule has 0 atom stereocenters. The molecule has 1 aromatic carbocycles. The van der Waals surface area contributed by atoms with E-state index in [-0.39, 0.29) is 5.91 Å². The van der Waals surface area contributed by atoms with E-state index in [1.165, 1.54) is 0 Å². The quantitative estimate of drug-likeness (QED) is 0.501. The van der Waals surface area contributed by atoms with Crippen LogP contribution in [-0.4, -0.2) is 29.7 Å². The van der Waals surface area contributed by atoms with Crippen LogP contribution >= 0.6 is 11.3 Å². The van der Waals surface area contributed by atoms with Crippen LogP contribution in [0.1, 0.15) is 21.6 Å². The number of rotatable bonds is 7. The molecule has 0 aliphatic rings. The smallest absolute Gasteiger partial charge is 0.268 e. The minimum Gasteiger partial charge on any atom is -0.497 e. The van der Waals surface area contributed by atoms with E-state index in [1.807, 2.05) is 52.4 Å². The number of benzene rings is 1. The zero-order chi connectivity index (χ0) is 20.2. The maximum atomic E-state index is 13.0. The summed E-state index contributed by atoms with van der Waals surface area (Å²) in [5, 5.41) is 5.04. The highest BCUT2D eigenvalue weighted by atomic mass is 32.1. The minimum atomic E-state index is -0.111. The molecule has 6 nitrogen and oxygen atoms in total. The molecule has 0 fully saturated rings. The van der Waals surface area contributed by atoms with Crippen molar-refractivity contribution in [3.63, 3.8) is 0 Å². The molecule has 4 aromatic rings. The Labute approximate surface area is 172 Å². The fourth-order valence-corrected chi connectivity index (χ4v) is 4.07. The molecule has 0 radical (unpaired) electrons. The lowest BCUT2D eigenvalue weighted by Gasteiger charge is -2.13. The number of hydrogen-bond donors (Lipinski definition) is 1. The SMILES string of the molecule is COc1cc(Cn2c(C(=O)NCc3ccncc3)cc3sccc32)cc(OC)c1. The third-order valence-electron chi connectivity index (χ3n) is 4.71. The van der Waals surface area contributed by atoms with Gasteiger partial charge >= 0.3 is 0 Å². The summed E-state index contributed by atoms with van der Waals surface area (Å²) in [6.07, 6.45) is 3.44. The van der Waals surface area contributed by atoms with Gasteiger partial charge in [-0.1, -0.05) is 0 Å². The second kappa shape index (κ2) is 8.36. The largest absolute Gasteiger partial charge is 0.497 e. The Hall–Kier alpha value is -3.32. The van der Waals surface area contributed by atoms with Gasteiger partial charge in [0.25, 0.3) is 5.91 Å². The molecular weight excluding hydrogens is 386 g/mol. The standard InChI is InChI=1S/C22H21N3O3S/c1-27-17-9-16(10-18(11-17)28-2)14-25-19-5-8-29-21(19)12-20(25)22(26)24-13-15-3-6-23-7-4-15/h3-12H,13-14H2,1-2H3,(H,24,26). The van der Waals surface area contributed by atoms with Gasteiger partial charge in [-0.15, -0.1) is 11.3 Å². The molecular formula is C22H21N3O3S. The van der Waals surface area contributed by atoms with E-state index >= 15 is 0 Å². The summed E-state index contributed by atoms with van der Waals surface area (Å²) in [6, 6.07) is 13.5. The second-order valence-corrected chi connectivity index (χ2v) is 7.49. The number of nitrogens with zero attached hydrogens (tertiary/aromatic N) is 2. The number of carbonyl (C=O) groups is 1. The molecule has 1 amide bonds. The molecule has 0 aliphatic carbocycles. The van der Waals surface area contributed by atoms with E-state index in [2.05, 4.69) is 10.3 Å². The van der Waals surface area contributed by atoms with E-state index in [0.29, 0.717) is 18.8 Å². The Bertz CT molecular complexity index is 1110. The number of pyridine rings is 1.